The SMILES string of the molecule is CN=C(NCc1ccc2c(c1)OCO2)NC1CC1c1ccccc1C.I. The van der Waals surface area contributed by atoms with E-state index in [2.05, 4.69) is 46.8 Å². The van der Waals surface area contributed by atoms with E-state index in [-0.39, 0.29) is 24.0 Å². The van der Waals surface area contributed by atoms with Gasteiger partial charge in [0.25, 0.3) is 0 Å². The molecule has 1 heterocycles. The molecule has 1 aliphatic heterocycles. The van der Waals surface area contributed by atoms with E-state index in [9.17, 15) is 0 Å². The normalized spacial score (nSPS) is 20.3. The quantitative estimate of drug-likeness (QED) is 0.412. The first kappa shape index (κ1) is 18.8. The van der Waals surface area contributed by atoms with Crippen LogP contribution < -0.4 is 20.1 Å². The number of ether oxygens (including phenoxy) is 2. The molecule has 0 radical (unpaired) electrons. The maximum atomic E-state index is 5.43. The molecule has 2 unspecified atom stereocenters. The number of aliphatic imine (C=N–C) groups is 1. The van der Waals surface area contributed by atoms with Crippen molar-refractivity contribution in [3.8, 4) is 11.5 Å². The summed E-state index contributed by atoms with van der Waals surface area (Å²) >= 11 is 0. The molecule has 1 saturated carbocycles. The number of nitrogens with zero attached hydrogens (tertiary/aromatic N) is 1. The highest BCUT2D eigenvalue weighted by atomic mass is 127. The lowest BCUT2D eigenvalue weighted by Gasteiger charge is -2.13. The Labute approximate surface area is 171 Å². The molecule has 6 heteroatoms. The third kappa shape index (κ3) is 4.06. The number of benzene rings is 2. The molecule has 2 aliphatic rings. The number of rotatable bonds is 4. The van der Waals surface area contributed by atoms with E-state index in [1.165, 1.54) is 11.1 Å². The number of hydrogen-bond acceptors (Lipinski definition) is 3. The van der Waals surface area contributed by atoms with Crippen molar-refractivity contribution in [1.82, 2.24) is 10.6 Å². The third-order valence-corrected chi connectivity index (χ3v) is 4.82. The smallest absolute Gasteiger partial charge is 0.231 e. The molecule has 2 atom stereocenters. The predicted octanol–water partition coefficient (Wildman–Crippen LogP) is 3.56. The molecule has 138 valence electrons. The molecule has 5 nitrogen and oxygen atoms in total. The number of hydrogen-bond donors (Lipinski definition) is 2. The first-order chi connectivity index (χ1) is 12.2. The molecule has 1 fully saturated rings. The second-order valence-corrected chi connectivity index (χ2v) is 6.56. The Balaban J connectivity index is 0.00000196. The minimum absolute atomic E-state index is 0. The van der Waals surface area contributed by atoms with E-state index in [4.69, 9.17) is 9.47 Å². The Morgan fingerprint density at radius 2 is 1.96 bits per heavy atom. The number of nitrogens with one attached hydrogen (secondary N) is 2. The Hall–Kier alpha value is -1.96. The lowest BCUT2D eigenvalue weighted by molar-refractivity contribution is 0.174. The van der Waals surface area contributed by atoms with Crippen molar-refractivity contribution in [3.63, 3.8) is 0 Å². The summed E-state index contributed by atoms with van der Waals surface area (Å²) in [7, 11) is 1.81. The first-order valence-electron chi connectivity index (χ1n) is 8.66. The molecule has 0 aromatic heterocycles. The van der Waals surface area contributed by atoms with Gasteiger partial charge in [0.1, 0.15) is 0 Å². The van der Waals surface area contributed by atoms with Crippen molar-refractivity contribution >= 4 is 29.9 Å². The number of halogens is 1. The van der Waals surface area contributed by atoms with E-state index in [0.29, 0.717) is 25.3 Å². The van der Waals surface area contributed by atoms with Crippen molar-refractivity contribution < 1.29 is 9.47 Å². The van der Waals surface area contributed by atoms with Gasteiger partial charge in [0.15, 0.2) is 17.5 Å². The van der Waals surface area contributed by atoms with Crippen molar-refractivity contribution in [3.05, 3.63) is 59.2 Å². The van der Waals surface area contributed by atoms with E-state index in [0.717, 1.165) is 29.4 Å². The minimum atomic E-state index is 0. The summed E-state index contributed by atoms with van der Waals surface area (Å²) < 4.78 is 10.8. The van der Waals surface area contributed by atoms with Gasteiger partial charge < -0.3 is 20.1 Å². The monoisotopic (exact) mass is 465 g/mol. The van der Waals surface area contributed by atoms with Crippen molar-refractivity contribution in [2.45, 2.75) is 31.8 Å². The zero-order valence-corrected chi connectivity index (χ0v) is 17.3. The molecule has 1 aliphatic carbocycles. The highest BCUT2D eigenvalue weighted by Gasteiger charge is 2.39. The Bertz CT molecular complexity index is 809. The van der Waals surface area contributed by atoms with Crippen LogP contribution in [-0.2, 0) is 6.54 Å². The zero-order chi connectivity index (χ0) is 17.2. The van der Waals surface area contributed by atoms with Gasteiger partial charge in [-0.3, -0.25) is 4.99 Å². The summed E-state index contributed by atoms with van der Waals surface area (Å²) in [6.45, 7) is 3.17. The van der Waals surface area contributed by atoms with E-state index < -0.39 is 0 Å². The van der Waals surface area contributed by atoms with Crippen LogP contribution in [-0.4, -0.2) is 25.8 Å². The average Bonchev–Trinajstić information content (AvgIpc) is 3.23. The molecular weight excluding hydrogens is 441 g/mol. The van der Waals surface area contributed by atoms with Crippen LogP contribution in [0.15, 0.2) is 47.5 Å². The standard InChI is InChI=1S/C20H23N3O2.HI/c1-13-5-3-4-6-15(13)16-10-17(16)23-20(21-2)22-11-14-7-8-18-19(9-14)25-12-24-18;/h3-9,16-17H,10-12H2,1-2H3,(H2,21,22,23);1H. The summed E-state index contributed by atoms with van der Waals surface area (Å²) in [5, 5.41) is 6.90. The van der Waals surface area contributed by atoms with Crippen molar-refractivity contribution in [2.75, 3.05) is 13.8 Å². The first-order valence-corrected chi connectivity index (χ1v) is 8.66. The van der Waals surface area contributed by atoms with Crippen LogP contribution in [0.4, 0.5) is 0 Å². The van der Waals surface area contributed by atoms with Gasteiger partial charge >= 0.3 is 0 Å². The van der Waals surface area contributed by atoms with Gasteiger partial charge in [-0.2, -0.15) is 0 Å². The van der Waals surface area contributed by atoms with Crippen LogP contribution >= 0.6 is 24.0 Å². The molecule has 0 amide bonds. The fourth-order valence-corrected chi connectivity index (χ4v) is 3.31. The molecular formula is C20H24IN3O2. The van der Waals surface area contributed by atoms with Crippen LogP contribution in [0.2, 0.25) is 0 Å². The fourth-order valence-electron chi connectivity index (χ4n) is 3.31. The van der Waals surface area contributed by atoms with Crippen LogP contribution in [0, 0.1) is 6.92 Å². The Kier molecular flexibility index (Phi) is 5.90. The second-order valence-electron chi connectivity index (χ2n) is 6.56. The molecule has 0 bridgehead atoms. The molecule has 2 N–H and O–H groups in total. The maximum Gasteiger partial charge on any atom is 0.231 e. The van der Waals surface area contributed by atoms with Crippen molar-refractivity contribution in [2.24, 2.45) is 4.99 Å². The third-order valence-electron chi connectivity index (χ3n) is 4.82. The predicted molar refractivity (Wildman–Crippen MR) is 114 cm³/mol. The highest BCUT2D eigenvalue weighted by Crippen LogP contribution is 2.42. The van der Waals surface area contributed by atoms with Crippen molar-refractivity contribution in [1.29, 1.82) is 0 Å². The van der Waals surface area contributed by atoms with Gasteiger partial charge in [0.2, 0.25) is 6.79 Å². The number of guanidine groups is 1. The summed E-state index contributed by atoms with van der Waals surface area (Å²) in [6.07, 6.45) is 1.15. The van der Waals surface area contributed by atoms with Crippen LogP contribution in [0.1, 0.15) is 29.0 Å². The topological polar surface area (TPSA) is 54.9 Å². The molecule has 26 heavy (non-hydrogen) atoms. The highest BCUT2D eigenvalue weighted by molar-refractivity contribution is 14.0. The summed E-state index contributed by atoms with van der Waals surface area (Å²) in [6, 6.07) is 15.1. The van der Waals surface area contributed by atoms with Crippen LogP contribution in [0.3, 0.4) is 0 Å². The van der Waals surface area contributed by atoms with Gasteiger partial charge in [0.05, 0.1) is 0 Å². The largest absolute Gasteiger partial charge is 0.454 e. The maximum absolute atomic E-state index is 5.43. The van der Waals surface area contributed by atoms with E-state index >= 15 is 0 Å². The Morgan fingerprint density at radius 1 is 1.15 bits per heavy atom. The van der Waals surface area contributed by atoms with Crippen LogP contribution in [0.5, 0.6) is 11.5 Å². The molecule has 0 saturated heterocycles. The Morgan fingerprint density at radius 3 is 2.77 bits per heavy atom. The number of fused-ring (bicyclic) bond motifs is 1. The van der Waals surface area contributed by atoms with Gasteiger partial charge in [-0.25, -0.2) is 0 Å². The lowest BCUT2D eigenvalue weighted by Crippen LogP contribution is -2.38. The average molecular weight is 465 g/mol. The van der Waals surface area contributed by atoms with Gasteiger partial charge in [-0.1, -0.05) is 30.3 Å². The van der Waals surface area contributed by atoms with Gasteiger partial charge in [-0.15, -0.1) is 24.0 Å². The molecule has 4 rings (SSSR count). The molecule has 0 spiro atoms. The number of aryl methyl sites for hydroxylation is 1. The molecule has 2 aromatic carbocycles. The second kappa shape index (κ2) is 8.16. The zero-order valence-electron chi connectivity index (χ0n) is 15.0. The lowest BCUT2D eigenvalue weighted by atomic mass is 10.0. The minimum Gasteiger partial charge on any atom is -0.454 e. The fraction of sp³-hybridized carbons (Fsp3) is 0.350. The van der Waals surface area contributed by atoms with E-state index in [1.54, 1.807) is 7.05 Å². The summed E-state index contributed by atoms with van der Waals surface area (Å²) in [5.74, 6) is 3.03. The van der Waals surface area contributed by atoms with Gasteiger partial charge in [0, 0.05) is 25.6 Å². The molecule has 2 aromatic rings. The van der Waals surface area contributed by atoms with Gasteiger partial charge in [-0.05, 0) is 42.2 Å². The summed E-state index contributed by atoms with van der Waals surface area (Å²) in [4.78, 5) is 4.34. The van der Waals surface area contributed by atoms with Crippen LogP contribution in [0.25, 0.3) is 0 Å². The van der Waals surface area contributed by atoms with E-state index in [1.807, 2.05) is 18.2 Å². The summed E-state index contributed by atoms with van der Waals surface area (Å²) in [5.41, 5.74) is 3.93.